The Morgan fingerprint density at radius 1 is 1.41 bits per heavy atom. The maximum atomic E-state index is 11.1. The summed E-state index contributed by atoms with van der Waals surface area (Å²) in [5.74, 6) is -0.320. The summed E-state index contributed by atoms with van der Waals surface area (Å²) in [5, 5.41) is 21.5. The van der Waals surface area contributed by atoms with Gasteiger partial charge in [0.15, 0.2) is 0 Å². The third kappa shape index (κ3) is 4.44. The van der Waals surface area contributed by atoms with E-state index in [0.717, 1.165) is 6.42 Å². The van der Waals surface area contributed by atoms with Gasteiger partial charge in [0, 0.05) is 0 Å². The number of hydrogen-bond acceptors (Lipinski definition) is 3. The molecule has 0 aliphatic heterocycles. The number of aromatic hydroxyl groups is 1. The number of carbonyl (C=O) groups is 1. The summed E-state index contributed by atoms with van der Waals surface area (Å²) in [4.78, 5) is 11.1. The van der Waals surface area contributed by atoms with Gasteiger partial charge < -0.3 is 15.5 Å². The van der Waals surface area contributed by atoms with Crippen LogP contribution in [0.2, 0.25) is 0 Å². The molecule has 0 radical (unpaired) electrons. The van der Waals surface area contributed by atoms with E-state index in [1.165, 1.54) is 12.1 Å². The average Bonchev–Trinajstić information content (AvgIpc) is 2.23. The van der Waals surface area contributed by atoms with Crippen LogP contribution in [-0.2, 0) is 4.79 Å². The number of aliphatic carboxylic acids is 1. The van der Waals surface area contributed by atoms with Gasteiger partial charge in [-0.3, -0.25) is 4.79 Å². The van der Waals surface area contributed by atoms with E-state index in [4.69, 9.17) is 5.11 Å². The van der Waals surface area contributed by atoms with Gasteiger partial charge in [-0.15, -0.1) is 0 Å². The van der Waals surface area contributed by atoms with E-state index in [0.29, 0.717) is 18.0 Å². The molecular formula is C13H19NO3. The summed E-state index contributed by atoms with van der Waals surface area (Å²) < 4.78 is 0. The Labute approximate surface area is 101 Å². The number of hydrogen-bond donors (Lipinski definition) is 3. The Bertz CT molecular complexity index is 377. The van der Waals surface area contributed by atoms with E-state index in [1.54, 1.807) is 12.1 Å². The molecule has 1 aromatic rings. The molecule has 0 bridgehead atoms. The van der Waals surface area contributed by atoms with Gasteiger partial charge >= 0.3 is 5.97 Å². The Morgan fingerprint density at radius 3 is 2.65 bits per heavy atom. The van der Waals surface area contributed by atoms with Gasteiger partial charge in [-0.1, -0.05) is 26.0 Å². The van der Waals surface area contributed by atoms with E-state index in [-0.39, 0.29) is 5.75 Å². The maximum absolute atomic E-state index is 11.1. The van der Waals surface area contributed by atoms with Crippen molar-refractivity contribution in [1.82, 2.24) is 5.32 Å². The molecule has 3 N–H and O–H groups in total. The lowest BCUT2D eigenvalue weighted by molar-refractivity contribution is -0.139. The lowest BCUT2D eigenvalue weighted by atomic mass is 10.1. The molecular weight excluding hydrogens is 218 g/mol. The molecule has 94 valence electrons. The van der Waals surface area contributed by atoms with Crippen LogP contribution in [0.1, 0.15) is 31.9 Å². The second-order valence-electron chi connectivity index (χ2n) is 4.50. The molecule has 1 atom stereocenters. The molecule has 0 aliphatic rings. The van der Waals surface area contributed by atoms with Crippen molar-refractivity contribution in [2.24, 2.45) is 5.92 Å². The van der Waals surface area contributed by atoms with Crippen LogP contribution in [0.5, 0.6) is 5.75 Å². The third-order valence-electron chi connectivity index (χ3n) is 2.52. The van der Waals surface area contributed by atoms with Crippen LogP contribution in [0.3, 0.4) is 0 Å². The van der Waals surface area contributed by atoms with Crippen LogP contribution >= 0.6 is 0 Å². The molecule has 4 nitrogen and oxygen atoms in total. The minimum Gasteiger partial charge on any atom is -0.508 e. The van der Waals surface area contributed by atoms with Crippen LogP contribution in [-0.4, -0.2) is 22.7 Å². The monoisotopic (exact) mass is 237 g/mol. The van der Waals surface area contributed by atoms with Crippen LogP contribution < -0.4 is 5.32 Å². The van der Waals surface area contributed by atoms with E-state index < -0.39 is 12.0 Å². The average molecular weight is 237 g/mol. The molecule has 1 rings (SSSR count). The maximum Gasteiger partial charge on any atom is 0.325 e. The molecule has 17 heavy (non-hydrogen) atoms. The Balaban J connectivity index is 2.69. The zero-order valence-electron chi connectivity index (χ0n) is 10.2. The van der Waals surface area contributed by atoms with Crippen molar-refractivity contribution in [2.75, 3.05) is 6.54 Å². The third-order valence-corrected chi connectivity index (χ3v) is 2.52. The minimum absolute atomic E-state index is 0.0828. The summed E-state index contributed by atoms with van der Waals surface area (Å²) in [5.41, 5.74) is 0.571. The van der Waals surface area contributed by atoms with Crippen LogP contribution in [0.4, 0.5) is 0 Å². The predicted octanol–water partition coefficient (Wildman–Crippen LogP) is 2.15. The summed E-state index contributed by atoms with van der Waals surface area (Å²) in [6.45, 7) is 4.82. The molecule has 0 fully saturated rings. The van der Waals surface area contributed by atoms with Crippen molar-refractivity contribution in [2.45, 2.75) is 26.3 Å². The highest BCUT2D eigenvalue weighted by Crippen LogP contribution is 2.18. The summed E-state index contributed by atoms with van der Waals surface area (Å²) >= 11 is 0. The zero-order valence-corrected chi connectivity index (χ0v) is 10.2. The zero-order chi connectivity index (χ0) is 12.8. The molecule has 0 saturated carbocycles. The first-order chi connectivity index (χ1) is 8.00. The molecule has 0 aromatic heterocycles. The highest BCUT2D eigenvalue weighted by atomic mass is 16.4. The largest absolute Gasteiger partial charge is 0.508 e. The predicted molar refractivity (Wildman–Crippen MR) is 65.9 cm³/mol. The second kappa shape index (κ2) is 6.25. The normalized spacial score (nSPS) is 12.6. The van der Waals surface area contributed by atoms with Crippen LogP contribution in [0.15, 0.2) is 24.3 Å². The van der Waals surface area contributed by atoms with E-state index in [1.807, 2.05) is 0 Å². The molecule has 0 aliphatic carbocycles. The fraction of sp³-hybridized carbons (Fsp3) is 0.462. The molecule has 1 aromatic carbocycles. The first-order valence-electron chi connectivity index (χ1n) is 5.76. The Hall–Kier alpha value is -1.55. The van der Waals surface area contributed by atoms with Crippen molar-refractivity contribution in [3.05, 3.63) is 29.8 Å². The lowest BCUT2D eigenvalue weighted by Crippen LogP contribution is -2.29. The van der Waals surface area contributed by atoms with E-state index in [2.05, 4.69) is 19.2 Å². The molecule has 0 amide bonds. The molecule has 4 heteroatoms. The van der Waals surface area contributed by atoms with Crippen molar-refractivity contribution < 1.29 is 15.0 Å². The van der Waals surface area contributed by atoms with E-state index >= 15 is 0 Å². The second-order valence-corrected chi connectivity index (χ2v) is 4.50. The van der Waals surface area contributed by atoms with Crippen molar-refractivity contribution in [3.8, 4) is 5.75 Å². The lowest BCUT2D eigenvalue weighted by Gasteiger charge is -2.15. The quantitative estimate of drug-likeness (QED) is 0.709. The van der Waals surface area contributed by atoms with Crippen molar-refractivity contribution >= 4 is 5.97 Å². The van der Waals surface area contributed by atoms with Gasteiger partial charge in [0.05, 0.1) is 0 Å². The number of rotatable bonds is 6. The fourth-order valence-electron chi connectivity index (χ4n) is 1.57. The van der Waals surface area contributed by atoms with Gasteiger partial charge in [-0.05, 0) is 36.6 Å². The van der Waals surface area contributed by atoms with Crippen molar-refractivity contribution in [1.29, 1.82) is 0 Å². The fourth-order valence-corrected chi connectivity index (χ4v) is 1.57. The first kappa shape index (κ1) is 13.5. The summed E-state index contributed by atoms with van der Waals surface area (Å²) in [6.07, 6.45) is 0.919. The SMILES string of the molecule is CC(C)CCNC(C(=O)O)c1cccc(O)c1. The van der Waals surface area contributed by atoms with E-state index in [9.17, 15) is 9.90 Å². The number of benzene rings is 1. The number of carboxylic acid groups (broad SMARTS) is 1. The number of carboxylic acids is 1. The first-order valence-corrected chi connectivity index (χ1v) is 5.76. The Kier molecular flexibility index (Phi) is 4.97. The molecule has 0 spiro atoms. The Morgan fingerprint density at radius 2 is 2.12 bits per heavy atom. The molecule has 0 saturated heterocycles. The smallest absolute Gasteiger partial charge is 0.325 e. The van der Waals surface area contributed by atoms with Gasteiger partial charge in [-0.2, -0.15) is 0 Å². The summed E-state index contributed by atoms with van der Waals surface area (Å²) in [6, 6.07) is 5.57. The van der Waals surface area contributed by atoms with Gasteiger partial charge in [-0.25, -0.2) is 0 Å². The standard InChI is InChI=1S/C13H19NO3/c1-9(2)6-7-14-12(13(16)17)10-4-3-5-11(15)8-10/h3-5,8-9,12,14-15H,6-7H2,1-2H3,(H,16,17). The number of nitrogens with one attached hydrogen (secondary N) is 1. The number of phenolic OH excluding ortho intramolecular Hbond substituents is 1. The van der Waals surface area contributed by atoms with Crippen LogP contribution in [0, 0.1) is 5.92 Å². The molecule has 1 unspecified atom stereocenters. The van der Waals surface area contributed by atoms with Crippen molar-refractivity contribution in [3.63, 3.8) is 0 Å². The highest BCUT2D eigenvalue weighted by Gasteiger charge is 2.19. The highest BCUT2D eigenvalue weighted by molar-refractivity contribution is 5.75. The summed E-state index contributed by atoms with van der Waals surface area (Å²) in [7, 11) is 0. The van der Waals surface area contributed by atoms with Gasteiger partial charge in [0.25, 0.3) is 0 Å². The van der Waals surface area contributed by atoms with Gasteiger partial charge in [0.2, 0.25) is 0 Å². The van der Waals surface area contributed by atoms with Gasteiger partial charge in [0.1, 0.15) is 11.8 Å². The number of phenols is 1. The molecule has 0 heterocycles. The van der Waals surface area contributed by atoms with Crippen LogP contribution in [0.25, 0.3) is 0 Å². The minimum atomic E-state index is -0.931. The topological polar surface area (TPSA) is 69.6 Å².